The Hall–Kier alpha value is -0.210. The molecular formula is C13H29N3O3S. The minimum Gasteiger partial charge on any atom is -0.373 e. The second kappa shape index (κ2) is 7.70. The minimum absolute atomic E-state index is 0.0514. The second-order valence-corrected chi connectivity index (χ2v) is 7.90. The highest BCUT2D eigenvalue weighted by Gasteiger charge is 2.33. The normalized spacial score (nSPS) is 25.6. The molecule has 120 valence electrons. The van der Waals surface area contributed by atoms with E-state index in [1.807, 2.05) is 13.8 Å². The molecule has 1 aliphatic heterocycles. The molecule has 0 amide bonds. The van der Waals surface area contributed by atoms with Crippen LogP contribution in [-0.2, 0) is 14.9 Å². The lowest BCUT2D eigenvalue weighted by molar-refractivity contribution is -0.0453. The van der Waals surface area contributed by atoms with Crippen molar-refractivity contribution >= 4 is 10.2 Å². The third-order valence-electron chi connectivity index (χ3n) is 3.31. The summed E-state index contributed by atoms with van der Waals surface area (Å²) in [6, 6.07) is 0.429. The van der Waals surface area contributed by atoms with Gasteiger partial charge in [-0.2, -0.15) is 17.0 Å². The molecule has 0 aromatic heterocycles. The molecule has 6 nitrogen and oxygen atoms in total. The molecule has 0 saturated carbocycles. The molecule has 1 aliphatic rings. The minimum atomic E-state index is -3.37. The van der Waals surface area contributed by atoms with Crippen molar-refractivity contribution in [3.8, 4) is 0 Å². The lowest BCUT2D eigenvalue weighted by Gasteiger charge is -2.36. The number of morpholine rings is 1. The zero-order chi connectivity index (χ0) is 15.3. The van der Waals surface area contributed by atoms with E-state index >= 15 is 0 Å². The maximum Gasteiger partial charge on any atom is 0.281 e. The highest BCUT2D eigenvalue weighted by Crippen LogP contribution is 2.16. The zero-order valence-electron chi connectivity index (χ0n) is 13.3. The Morgan fingerprint density at radius 2 is 1.85 bits per heavy atom. The summed E-state index contributed by atoms with van der Waals surface area (Å²) in [5.41, 5.74) is 0. The largest absolute Gasteiger partial charge is 0.373 e. The fourth-order valence-electron chi connectivity index (χ4n) is 2.32. The summed E-state index contributed by atoms with van der Waals surface area (Å²) in [5.74, 6) is 0. The Morgan fingerprint density at radius 3 is 2.35 bits per heavy atom. The maximum atomic E-state index is 12.5. The first kappa shape index (κ1) is 17.8. The Balaban J connectivity index is 2.50. The zero-order valence-corrected chi connectivity index (χ0v) is 14.1. The van der Waals surface area contributed by atoms with Crippen molar-refractivity contribution in [2.24, 2.45) is 0 Å². The molecular weight excluding hydrogens is 278 g/mol. The van der Waals surface area contributed by atoms with Crippen LogP contribution in [0.25, 0.3) is 0 Å². The van der Waals surface area contributed by atoms with Crippen LogP contribution < -0.4 is 5.32 Å². The van der Waals surface area contributed by atoms with E-state index < -0.39 is 10.2 Å². The second-order valence-electron chi connectivity index (χ2n) is 5.87. The van der Waals surface area contributed by atoms with Gasteiger partial charge >= 0.3 is 0 Å². The number of hydrogen-bond donors (Lipinski definition) is 1. The number of ether oxygens (including phenoxy) is 1. The summed E-state index contributed by atoms with van der Waals surface area (Å²) in [4.78, 5) is 0. The van der Waals surface area contributed by atoms with Gasteiger partial charge in [0.1, 0.15) is 0 Å². The summed E-state index contributed by atoms with van der Waals surface area (Å²) in [7, 11) is -1.72. The average Bonchev–Trinajstić information content (AvgIpc) is 2.32. The van der Waals surface area contributed by atoms with Crippen LogP contribution in [0.5, 0.6) is 0 Å². The molecule has 1 saturated heterocycles. The van der Waals surface area contributed by atoms with Gasteiger partial charge in [-0.1, -0.05) is 13.8 Å². The van der Waals surface area contributed by atoms with Crippen molar-refractivity contribution in [3.05, 3.63) is 0 Å². The predicted octanol–water partition coefficient (Wildman–Crippen LogP) is 0.660. The van der Waals surface area contributed by atoms with Gasteiger partial charge in [-0.3, -0.25) is 0 Å². The van der Waals surface area contributed by atoms with E-state index in [2.05, 4.69) is 19.2 Å². The molecule has 20 heavy (non-hydrogen) atoms. The molecule has 2 atom stereocenters. The monoisotopic (exact) mass is 307 g/mol. The fraction of sp³-hybridized carbons (Fsp3) is 1.00. The van der Waals surface area contributed by atoms with Crippen LogP contribution >= 0.6 is 0 Å². The van der Waals surface area contributed by atoms with Crippen LogP contribution in [0.3, 0.4) is 0 Å². The van der Waals surface area contributed by atoms with Gasteiger partial charge in [0.05, 0.1) is 12.2 Å². The molecule has 0 radical (unpaired) electrons. The molecule has 1 heterocycles. The molecule has 0 spiro atoms. The van der Waals surface area contributed by atoms with Crippen molar-refractivity contribution in [3.63, 3.8) is 0 Å². The Bertz CT molecular complexity index is 376. The average molecular weight is 307 g/mol. The summed E-state index contributed by atoms with van der Waals surface area (Å²) in [6.07, 6.45) is 0.706. The van der Waals surface area contributed by atoms with Gasteiger partial charge in [0.2, 0.25) is 0 Å². The van der Waals surface area contributed by atoms with E-state index in [4.69, 9.17) is 4.74 Å². The standard InChI is InChI=1S/C13H29N3O3S/c1-11(2)14-7-6-8-15(5)20(17,18)16-9-12(3)19-13(4)10-16/h11-14H,6-10H2,1-5H3. The van der Waals surface area contributed by atoms with Gasteiger partial charge in [0, 0.05) is 32.7 Å². The molecule has 0 aromatic carbocycles. The van der Waals surface area contributed by atoms with Gasteiger partial charge in [-0.25, -0.2) is 0 Å². The maximum absolute atomic E-state index is 12.5. The molecule has 2 unspecified atom stereocenters. The molecule has 0 bridgehead atoms. The Morgan fingerprint density at radius 1 is 1.30 bits per heavy atom. The van der Waals surface area contributed by atoms with Crippen LogP contribution in [-0.4, -0.2) is 68.5 Å². The van der Waals surface area contributed by atoms with Crippen LogP contribution in [0, 0.1) is 0 Å². The highest BCUT2D eigenvalue weighted by molar-refractivity contribution is 7.86. The summed E-state index contributed by atoms with van der Waals surface area (Å²) in [5, 5.41) is 3.29. The number of hydrogen-bond acceptors (Lipinski definition) is 4. The molecule has 1 rings (SSSR count). The summed E-state index contributed by atoms with van der Waals surface area (Å²) < 4.78 is 33.5. The van der Waals surface area contributed by atoms with Crippen LogP contribution in [0.2, 0.25) is 0 Å². The van der Waals surface area contributed by atoms with Crippen LogP contribution in [0.15, 0.2) is 0 Å². The molecule has 0 aromatic rings. The topological polar surface area (TPSA) is 61.9 Å². The van der Waals surface area contributed by atoms with E-state index in [0.29, 0.717) is 25.7 Å². The first-order valence-electron chi connectivity index (χ1n) is 7.33. The SMILES string of the molecule is CC(C)NCCCN(C)S(=O)(=O)N1CC(C)OC(C)C1. The third-order valence-corrected chi connectivity index (χ3v) is 5.23. The molecule has 1 fully saturated rings. The Kier molecular flexibility index (Phi) is 6.87. The molecule has 7 heteroatoms. The molecule has 0 aliphatic carbocycles. The lowest BCUT2D eigenvalue weighted by atomic mass is 10.3. The first-order chi connectivity index (χ1) is 9.23. The highest BCUT2D eigenvalue weighted by atomic mass is 32.2. The number of rotatable bonds is 7. The van der Waals surface area contributed by atoms with Crippen LogP contribution in [0.1, 0.15) is 34.1 Å². The van der Waals surface area contributed by atoms with E-state index in [9.17, 15) is 8.42 Å². The molecule has 1 N–H and O–H groups in total. The summed E-state index contributed by atoms with van der Waals surface area (Å²) in [6.45, 7) is 10.2. The van der Waals surface area contributed by atoms with Crippen molar-refractivity contribution < 1.29 is 13.2 Å². The quantitative estimate of drug-likeness (QED) is 0.702. The van der Waals surface area contributed by atoms with Gasteiger partial charge in [-0.05, 0) is 26.8 Å². The lowest BCUT2D eigenvalue weighted by Crippen LogP contribution is -2.52. The van der Waals surface area contributed by atoms with E-state index in [1.54, 1.807) is 7.05 Å². The van der Waals surface area contributed by atoms with E-state index in [0.717, 1.165) is 13.0 Å². The van der Waals surface area contributed by atoms with Crippen molar-refractivity contribution in [1.29, 1.82) is 0 Å². The van der Waals surface area contributed by atoms with Gasteiger partial charge < -0.3 is 10.1 Å². The van der Waals surface area contributed by atoms with Crippen molar-refractivity contribution in [2.75, 3.05) is 33.2 Å². The number of nitrogens with one attached hydrogen (secondary N) is 1. The van der Waals surface area contributed by atoms with E-state index in [-0.39, 0.29) is 12.2 Å². The van der Waals surface area contributed by atoms with Crippen LogP contribution in [0.4, 0.5) is 0 Å². The van der Waals surface area contributed by atoms with Crippen molar-refractivity contribution in [2.45, 2.75) is 52.4 Å². The van der Waals surface area contributed by atoms with Gasteiger partial charge in [0.25, 0.3) is 10.2 Å². The van der Waals surface area contributed by atoms with E-state index in [1.165, 1.54) is 8.61 Å². The third kappa shape index (κ3) is 5.29. The first-order valence-corrected chi connectivity index (χ1v) is 8.73. The predicted molar refractivity (Wildman–Crippen MR) is 80.9 cm³/mol. The Labute approximate surface area is 123 Å². The fourth-order valence-corrected chi connectivity index (χ4v) is 3.87. The number of nitrogens with zero attached hydrogens (tertiary/aromatic N) is 2. The van der Waals surface area contributed by atoms with Gasteiger partial charge in [0.15, 0.2) is 0 Å². The van der Waals surface area contributed by atoms with Gasteiger partial charge in [-0.15, -0.1) is 0 Å². The summed E-state index contributed by atoms with van der Waals surface area (Å²) >= 11 is 0. The van der Waals surface area contributed by atoms with Crippen molar-refractivity contribution in [1.82, 2.24) is 13.9 Å². The smallest absolute Gasteiger partial charge is 0.281 e.